The monoisotopic (exact) mass is 511 g/mol. The van der Waals surface area contributed by atoms with E-state index in [1.807, 2.05) is 17.7 Å². The number of amides is 1. The molecule has 0 radical (unpaired) electrons. The van der Waals surface area contributed by atoms with Crippen LogP contribution >= 0.6 is 11.6 Å². The fourth-order valence-electron chi connectivity index (χ4n) is 4.24. The summed E-state index contributed by atoms with van der Waals surface area (Å²) in [6.45, 7) is 3.07. The van der Waals surface area contributed by atoms with Crippen molar-refractivity contribution in [3.8, 4) is 17.2 Å². The fourth-order valence-corrected chi connectivity index (χ4v) is 4.48. The van der Waals surface area contributed by atoms with Crippen molar-refractivity contribution in [3.05, 3.63) is 76.8 Å². The third-order valence-electron chi connectivity index (χ3n) is 5.94. The van der Waals surface area contributed by atoms with Gasteiger partial charge in [0.25, 0.3) is 11.7 Å². The Hall–Kier alpha value is -3.98. The van der Waals surface area contributed by atoms with E-state index in [0.717, 1.165) is 0 Å². The number of rotatable bonds is 9. The Bertz CT molecular complexity index is 1310. The van der Waals surface area contributed by atoms with E-state index in [2.05, 4.69) is 4.98 Å². The van der Waals surface area contributed by atoms with Crippen LogP contribution in [0, 0.1) is 0 Å². The van der Waals surface area contributed by atoms with Gasteiger partial charge in [-0.2, -0.15) is 0 Å². The van der Waals surface area contributed by atoms with Crippen molar-refractivity contribution in [2.75, 3.05) is 20.3 Å². The molecule has 1 fully saturated rings. The summed E-state index contributed by atoms with van der Waals surface area (Å²) in [5.41, 5.74) is 0.705. The molecule has 1 amide bonds. The van der Waals surface area contributed by atoms with Crippen LogP contribution < -0.4 is 9.47 Å². The second kappa shape index (κ2) is 10.7. The Labute approximate surface area is 213 Å². The number of aromatic hydroxyl groups is 1. The number of nitrogens with zero attached hydrogens (tertiary/aromatic N) is 3. The number of Topliss-reactive ketones (excluding diaryl/α,β-unsaturated/α-hetero) is 1. The normalized spacial score (nSPS) is 17.0. The molecule has 188 valence electrons. The van der Waals surface area contributed by atoms with E-state index in [4.69, 9.17) is 21.1 Å². The number of aryl methyl sites for hydroxylation is 1. The van der Waals surface area contributed by atoms with Gasteiger partial charge in [-0.05, 0) is 49.2 Å². The van der Waals surface area contributed by atoms with E-state index < -0.39 is 17.7 Å². The number of ketones is 1. The highest BCUT2D eigenvalue weighted by Crippen LogP contribution is 2.42. The molecule has 2 N–H and O–H groups in total. The molecule has 3 aromatic rings. The molecule has 1 unspecified atom stereocenters. The van der Waals surface area contributed by atoms with Gasteiger partial charge in [-0.25, -0.2) is 4.98 Å². The Morgan fingerprint density at radius 2 is 1.94 bits per heavy atom. The highest BCUT2D eigenvalue weighted by atomic mass is 35.5. The summed E-state index contributed by atoms with van der Waals surface area (Å²) >= 11 is 6.31. The number of hydrogen-bond donors (Lipinski definition) is 2. The summed E-state index contributed by atoms with van der Waals surface area (Å²) in [6.07, 6.45) is 5.69. The van der Waals surface area contributed by atoms with Crippen LogP contribution in [-0.4, -0.2) is 56.6 Å². The number of phenols is 1. The van der Waals surface area contributed by atoms with Gasteiger partial charge in [0.2, 0.25) is 0 Å². The predicted molar refractivity (Wildman–Crippen MR) is 133 cm³/mol. The number of aliphatic hydroxyl groups is 1. The first-order chi connectivity index (χ1) is 17.3. The SMILES string of the molecule is CCOc1ccc(C(O)=C2C(=O)C(=O)N(CCCn3ccnc3)C2c2ccc(O)c(OC)c2)cc1Cl. The summed E-state index contributed by atoms with van der Waals surface area (Å²) in [5, 5.41) is 21.6. The molecule has 0 aliphatic carbocycles. The maximum Gasteiger partial charge on any atom is 0.295 e. The van der Waals surface area contributed by atoms with Crippen LogP contribution in [0.4, 0.5) is 0 Å². The summed E-state index contributed by atoms with van der Waals surface area (Å²) in [7, 11) is 1.41. The lowest BCUT2D eigenvalue weighted by Gasteiger charge is -2.26. The Morgan fingerprint density at radius 1 is 1.14 bits per heavy atom. The van der Waals surface area contributed by atoms with Gasteiger partial charge in [0, 0.05) is 31.0 Å². The topological polar surface area (TPSA) is 114 Å². The van der Waals surface area contributed by atoms with Crippen LogP contribution in [0.1, 0.15) is 30.5 Å². The number of methoxy groups -OCH3 is 1. The van der Waals surface area contributed by atoms with Crippen molar-refractivity contribution in [1.82, 2.24) is 14.5 Å². The molecule has 2 aromatic carbocycles. The third kappa shape index (κ3) is 4.87. The van der Waals surface area contributed by atoms with Crippen LogP contribution in [-0.2, 0) is 16.1 Å². The summed E-state index contributed by atoms with van der Waals surface area (Å²) < 4.78 is 12.6. The molecule has 10 heteroatoms. The van der Waals surface area contributed by atoms with E-state index in [1.165, 1.54) is 24.1 Å². The quantitative estimate of drug-likeness (QED) is 0.252. The van der Waals surface area contributed by atoms with Crippen molar-refractivity contribution in [2.45, 2.75) is 25.9 Å². The number of phenolic OH excluding ortho intramolecular Hbond substituents is 1. The number of imidazole rings is 1. The van der Waals surface area contributed by atoms with Gasteiger partial charge in [0.05, 0.1) is 36.7 Å². The summed E-state index contributed by atoms with van der Waals surface area (Å²) in [5.74, 6) is -1.35. The molecular formula is C26H26ClN3O6. The minimum atomic E-state index is -0.896. The number of carbonyl (C=O) groups excluding carboxylic acids is 2. The molecule has 1 aliphatic rings. The number of aliphatic hydroxyl groups excluding tert-OH is 1. The average Bonchev–Trinajstić information content (AvgIpc) is 3.47. The van der Waals surface area contributed by atoms with Gasteiger partial charge in [0.1, 0.15) is 11.5 Å². The van der Waals surface area contributed by atoms with E-state index in [1.54, 1.807) is 36.8 Å². The van der Waals surface area contributed by atoms with Crippen LogP contribution in [0.15, 0.2) is 60.7 Å². The molecular weight excluding hydrogens is 486 g/mol. The highest BCUT2D eigenvalue weighted by molar-refractivity contribution is 6.46. The average molecular weight is 512 g/mol. The lowest BCUT2D eigenvalue weighted by atomic mass is 9.95. The number of carbonyl (C=O) groups is 2. The van der Waals surface area contributed by atoms with Crippen molar-refractivity contribution in [2.24, 2.45) is 0 Å². The zero-order valence-corrected chi connectivity index (χ0v) is 20.6. The van der Waals surface area contributed by atoms with Crippen LogP contribution in [0.25, 0.3) is 5.76 Å². The Morgan fingerprint density at radius 3 is 2.61 bits per heavy atom. The van der Waals surface area contributed by atoms with Crippen molar-refractivity contribution in [1.29, 1.82) is 0 Å². The number of halogens is 1. The van der Waals surface area contributed by atoms with Crippen molar-refractivity contribution < 1.29 is 29.3 Å². The van der Waals surface area contributed by atoms with E-state index >= 15 is 0 Å². The minimum absolute atomic E-state index is 0.0735. The van der Waals surface area contributed by atoms with Gasteiger partial charge in [-0.15, -0.1) is 0 Å². The number of benzene rings is 2. The van der Waals surface area contributed by atoms with E-state index in [0.29, 0.717) is 30.9 Å². The van der Waals surface area contributed by atoms with Gasteiger partial charge in [0.15, 0.2) is 11.5 Å². The van der Waals surface area contributed by atoms with E-state index in [9.17, 15) is 19.8 Å². The molecule has 4 rings (SSSR count). The number of likely N-dealkylation sites (tertiary alicyclic amines) is 1. The van der Waals surface area contributed by atoms with Gasteiger partial charge < -0.3 is 29.2 Å². The first-order valence-electron chi connectivity index (χ1n) is 11.4. The maximum atomic E-state index is 13.2. The molecule has 2 heterocycles. The lowest BCUT2D eigenvalue weighted by Crippen LogP contribution is -2.31. The predicted octanol–water partition coefficient (Wildman–Crippen LogP) is 4.16. The van der Waals surface area contributed by atoms with Crippen LogP contribution in [0.3, 0.4) is 0 Å². The van der Waals surface area contributed by atoms with Gasteiger partial charge >= 0.3 is 0 Å². The first-order valence-corrected chi connectivity index (χ1v) is 11.8. The second-order valence-corrected chi connectivity index (χ2v) is 8.56. The molecule has 9 nitrogen and oxygen atoms in total. The molecule has 0 bridgehead atoms. The number of hydrogen-bond acceptors (Lipinski definition) is 7. The zero-order valence-electron chi connectivity index (χ0n) is 19.8. The molecule has 1 atom stereocenters. The Kier molecular flexibility index (Phi) is 7.49. The maximum absolute atomic E-state index is 13.2. The van der Waals surface area contributed by atoms with E-state index in [-0.39, 0.29) is 40.0 Å². The molecule has 1 aliphatic heterocycles. The molecule has 1 aromatic heterocycles. The third-order valence-corrected chi connectivity index (χ3v) is 6.23. The summed E-state index contributed by atoms with van der Waals surface area (Å²) in [6, 6.07) is 8.33. The molecule has 1 saturated heterocycles. The van der Waals surface area contributed by atoms with Gasteiger partial charge in [-0.3, -0.25) is 9.59 Å². The van der Waals surface area contributed by atoms with Gasteiger partial charge in [-0.1, -0.05) is 17.7 Å². The summed E-state index contributed by atoms with van der Waals surface area (Å²) in [4.78, 5) is 31.8. The molecule has 0 saturated carbocycles. The number of aromatic nitrogens is 2. The minimum Gasteiger partial charge on any atom is -0.507 e. The highest BCUT2D eigenvalue weighted by Gasteiger charge is 2.46. The second-order valence-electron chi connectivity index (χ2n) is 8.16. The standard InChI is InChI=1S/C26H26ClN3O6/c1-3-36-20-8-6-17(13-18(20)27)24(32)22-23(16-5-7-19(31)21(14-16)35-2)30(26(34)25(22)33)11-4-10-29-12-9-28-15-29/h5-9,12-15,23,31-32H,3-4,10-11H2,1-2H3. The zero-order chi connectivity index (χ0) is 25.8. The molecule has 0 spiro atoms. The van der Waals surface area contributed by atoms with Crippen molar-refractivity contribution >= 4 is 29.1 Å². The first kappa shape index (κ1) is 25.1. The smallest absolute Gasteiger partial charge is 0.295 e. The van der Waals surface area contributed by atoms with Crippen molar-refractivity contribution in [3.63, 3.8) is 0 Å². The molecule has 36 heavy (non-hydrogen) atoms. The van der Waals surface area contributed by atoms with Crippen LogP contribution in [0.5, 0.6) is 17.2 Å². The lowest BCUT2D eigenvalue weighted by molar-refractivity contribution is -0.139. The Balaban J connectivity index is 1.77. The number of ether oxygens (including phenoxy) is 2. The fraction of sp³-hybridized carbons (Fsp3) is 0.269. The van der Waals surface area contributed by atoms with Crippen LogP contribution in [0.2, 0.25) is 5.02 Å². The largest absolute Gasteiger partial charge is 0.507 e.